The van der Waals surface area contributed by atoms with Crippen LogP contribution in [-0.4, -0.2) is 24.8 Å². The van der Waals surface area contributed by atoms with Crippen LogP contribution in [0.3, 0.4) is 0 Å². The first kappa shape index (κ1) is 14.5. The van der Waals surface area contributed by atoms with Gasteiger partial charge in [0.2, 0.25) is 6.73 Å². The van der Waals surface area contributed by atoms with Crippen LogP contribution in [0.15, 0.2) is 24.3 Å². The predicted molar refractivity (Wildman–Crippen MR) is 67.5 cm³/mol. The minimum atomic E-state index is -1.18. The Kier molecular flexibility index (Phi) is 4.73. The molecule has 0 radical (unpaired) electrons. The summed E-state index contributed by atoms with van der Waals surface area (Å²) in [7, 11) is 0. The Bertz CT molecular complexity index is 410. The lowest BCUT2D eigenvalue weighted by molar-refractivity contribution is -0.959. The van der Waals surface area contributed by atoms with Gasteiger partial charge in [0, 0.05) is 5.56 Å². The Hall–Kier alpha value is -1.55. The molecule has 0 aliphatic heterocycles. The number of carbonyl (C=O) groups is 1. The van der Waals surface area contributed by atoms with E-state index in [1.165, 1.54) is 17.0 Å². The van der Waals surface area contributed by atoms with Crippen LogP contribution in [0.1, 0.15) is 38.1 Å². The molecular weight excluding hydrogens is 230 g/mol. The molecule has 1 N–H and O–H groups in total. The number of aromatic carboxylic acids is 1. The number of benzene rings is 1. The number of hydrogen-bond acceptors (Lipinski definition) is 3. The van der Waals surface area contributed by atoms with E-state index in [9.17, 15) is 9.90 Å². The maximum absolute atomic E-state index is 10.7. The molecule has 0 heterocycles. The van der Waals surface area contributed by atoms with Gasteiger partial charge in [-0.15, -0.1) is 0 Å². The summed E-state index contributed by atoms with van der Waals surface area (Å²) < 4.78 is 5.65. The minimum absolute atomic E-state index is 0.0979. The van der Waals surface area contributed by atoms with Crippen molar-refractivity contribution in [1.82, 2.24) is 0 Å². The third-order valence-electron chi connectivity index (χ3n) is 2.97. The van der Waals surface area contributed by atoms with Crippen LogP contribution >= 0.6 is 0 Å². The van der Waals surface area contributed by atoms with Crippen molar-refractivity contribution < 1.29 is 19.5 Å². The summed E-state index contributed by atoms with van der Waals surface area (Å²) in [4.78, 5) is 12.0. The molecule has 4 nitrogen and oxygen atoms in total. The average molecular weight is 251 g/mol. The normalized spacial score (nSPS) is 13.1. The largest absolute Gasteiger partial charge is 0.545 e. The van der Waals surface area contributed by atoms with Crippen LogP contribution in [0.4, 0.5) is 0 Å². The summed E-state index contributed by atoms with van der Waals surface area (Å²) in [5.74, 6) is -0.622. The topological polar surface area (TPSA) is 53.8 Å². The standard InChI is InChI=1S/C14H21NO3/c1-5-15(14(2,3)4)10-18-12-8-6-7-11(9-12)13(16)17/h6-9H,5,10H2,1-4H3,(H,16,17). The van der Waals surface area contributed by atoms with Gasteiger partial charge in [-0.25, -0.2) is 0 Å². The van der Waals surface area contributed by atoms with E-state index in [1.54, 1.807) is 12.1 Å². The molecule has 1 atom stereocenters. The van der Waals surface area contributed by atoms with E-state index < -0.39 is 5.97 Å². The Balaban J connectivity index is 2.68. The molecule has 4 heteroatoms. The monoisotopic (exact) mass is 251 g/mol. The molecule has 100 valence electrons. The van der Waals surface area contributed by atoms with Gasteiger partial charge in [-0.3, -0.25) is 4.90 Å². The van der Waals surface area contributed by atoms with Crippen molar-refractivity contribution in [3.8, 4) is 5.75 Å². The Labute approximate surface area is 108 Å². The van der Waals surface area contributed by atoms with Gasteiger partial charge in [0.1, 0.15) is 5.75 Å². The molecule has 18 heavy (non-hydrogen) atoms. The van der Waals surface area contributed by atoms with Crippen LogP contribution in [0.2, 0.25) is 0 Å². The molecule has 0 spiro atoms. The van der Waals surface area contributed by atoms with E-state index in [2.05, 4.69) is 27.7 Å². The lowest BCUT2D eigenvalue weighted by Crippen LogP contribution is -3.19. The average Bonchev–Trinajstić information content (AvgIpc) is 2.28. The molecule has 0 bridgehead atoms. The fraction of sp³-hybridized carbons (Fsp3) is 0.500. The Morgan fingerprint density at radius 3 is 2.56 bits per heavy atom. The molecule has 0 aliphatic carbocycles. The van der Waals surface area contributed by atoms with Gasteiger partial charge in [0.25, 0.3) is 0 Å². The zero-order valence-corrected chi connectivity index (χ0v) is 11.4. The number of nitrogens with one attached hydrogen (secondary N) is 1. The van der Waals surface area contributed by atoms with Crippen LogP contribution in [-0.2, 0) is 0 Å². The summed E-state index contributed by atoms with van der Waals surface area (Å²) >= 11 is 0. The van der Waals surface area contributed by atoms with Crippen molar-refractivity contribution in [1.29, 1.82) is 0 Å². The van der Waals surface area contributed by atoms with E-state index in [1.807, 2.05) is 0 Å². The van der Waals surface area contributed by atoms with Crippen LogP contribution in [0, 0.1) is 0 Å². The summed E-state index contributed by atoms with van der Waals surface area (Å²) in [6, 6.07) is 6.40. The van der Waals surface area contributed by atoms with Gasteiger partial charge in [0.15, 0.2) is 0 Å². The van der Waals surface area contributed by atoms with Gasteiger partial charge in [-0.05, 0) is 39.8 Å². The van der Waals surface area contributed by atoms with E-state index in [0.29, 0.717) is 12.5 Å². The first-order valence-corrected chi connectivity index (χ1v) is 6.14. The summed E-state index contributed by atoms with van der Waals surface area (Å²) in [5, 5.41) is 10.7. The van der Waals surface area contributed by atoms with Crippen LogP contribution in [0.5, 0.6) is 5.75 Å². The third kappa shape index (κ3) is 4.04. The van der Waals surface area contributed by atoms with E-state index in [4.69, 9.17) is 4.74 Å². The third-order valence-corrected chi connectivity index (χ3v) is 2.97. The van der Waals surface area contributed by atoms with Gasteiger partial charge in [0.05, 0.1) is 18.1 Å². The molecule has 0 saturated heterocycles. The van der Waals surface area contributed by atoms with Gasteiger partial charge in [-0.2, -0.15) is 0 Å². The van der Waals surface area contributed by atoms with Crippen molar-refractivity contribution in [2.75, 3.05) is 13.3 Å². The van der Waals surface area contributed by atoms with Crippen LogP contribution < -0.4 is 14.7 Å². The van der Waals surface area contributed by atoms with Crippen molar-refractivity contribution in [3.05, 3.63) is 29.8 Å². The highest BCUT2D eigenvalue weighted by atomic mass is 16.5. The quantitative estimate of drug-likeness (QED) is 0.755. The number of carbonyl (C=O) groups excluding carboxylic acids is 1. The minimum Gasteiger partial charge on any atom is -0.545 e. The second-order valence-corrected chi connectivity index (χ2v) is 5.31. The Morgan fingerprint density at radius 1 is 1.39 bits per heavy atom. The van der Waals surface area contributed by atoms with Gasteiger partial charge in [-0.1, -0.05) is 12.1 Å². The SMILES string of the molecule is CC[NH+](COc1cccc(C(=O)[O-])c1)C(C)(C)C. The molecule has 1 aromatic rings. The van der Waals surface area contributed by atoms with Crippen molar-refractivity contribution in [3.63, 3.8) is 0 Å². The lowest BCUT2D eigenvalue weighted by Gasteiger charge is -2.30. The first-order valence-electron chi connectivity index (χ1n) is 6.14. The number of carboxylic acid groups (broad SMARTS) is 1. The Morgan fingerprint density at radius 2 is 2.06 bits per heavy atom. The van der Waals surface area contributed by atoms with Crippen LogP contribution in [0.25, 0.3) is 0 Å². The highest BCUT2D eigenvalue weighted by molar-refractivity contribution is 5.86. The number of carboxylic acids is 1. The molecular formula is C14H21NO3. The summed E-state index contributed by atoms with van der Waals surface area (Å²) in [6.07, 6.45) is 0. The second kappa shape index (κ2) is 5.87. The first-order chi connectivity index (χ1) is 8.34. The molecule has 0 amide bonds. The van der Waals surface area contributed by atoms with E-state index >= 15 is 0 Å². The van der Waals surface area contributed by atoms with Crippen molar-refractivity contribution >= 4 is 5.97 Å². The smallest absolute Gasteiger partial charge is 0.222 e. The molecule has 1 rings (SSSR count). The number of hydrogen-bond donors (Lipinski definition) is 1. The predicted octanol–water partition coefficient (Wildman–Crippen LogP) is 0.0897. The lowest BCUT2D eigenvalue weighted by atomic mass is 10.1. The molecule has 1 unspecified atom stereocenters. The number of rotatable bonds is 5. The maximum atomic E-state index is 10.7. The number of quaternary nitrogens is 1. The maximum Gasteiger partial charge on any atom is 0.222 e. The van der Waals surface area contributed by atoms with Crippen molar-refractivity contribution in [2.24, 2.45) is 0 Å². The molecule has 0 aromatic heterocycles. The second-order valence-electron chi connectivity index (χ2n) is 5.31. The van der Waals surface area contributed by atoms with E-state index in [0.717, 1.165) is 6.54 Å². The molecule has 0 saturated carbocycles. The fourth-order valence-corrected chi connectivity index (χ4v) is 1.73. The van der Waals surface area contributed by atoms with E-state index in [-0.39, 0.29) is 11.1 Å². The molecule has 0 fully saturated rings. The molecule has 1 aromatic carbocycles. The van der Waals surface area contributed by atoms with Gasteiger partial charge >= 0.3 is 0 Å². The van der Waals surface area contributed by atoms with Gasteiger partial charge < -0.3 is 14.6 Å². The fourth-order valence-electron chi connectivity index (χ4n) is 1.73. The highest BCUT2D eigenvalue weighted by Crippen LogP contribution is 2.12. The summed E-state index contributed by atoms with van der Waals surface area (Å²) in [6.45, 7) is 9.99. The summed E-state index contributed by atoms with van der Waals surface area (Å²) in [5.41, 5.74) is 0.238. The zero-order valence-electron chi connectivity index (χ0n) is 11.4. The van der Waals surface area contributed by atoms with Crippen molar-refractivity contribution in [2.45, 2.75) is 33.2 Å². The zero-order chi connectivity index (χ0) is 13.8. The highest BCUT2D eigenvalue weighted by Gasteiger charge is 2.23. The number of ether oxygens (including phenoxy) is 1. The molecule has 0 aliphatic rings.